The molecule has 0 radical (unpaired) electrons. The third-order valence-corrected chi connectivity index (χ3v) is 3.87. The molecule has 0 atom stereocenters. The molecule has 1 aliphatic heterocycles. The first-order valence-electron chi connectivity index (χ1n) is 6.85. The van der Waals surface area contributed by atoms with E-state index in [-0.39, 0.29) is 0 Å². The van der Waals surface area contributed by atoms with Gasteiger partial charge in [-0.2, -0.15) is 0 Å². The highest BCUT2D eigenvalue weighted by Gasteiger charge is 2.19. The number of fused-ring (bicyclic) bond motifs is 2. The van der Waals surface area contributed by atoms with Gasteiger partial charge in [-0.25, -0.2) is 4.98 Å². The molecule has 1 aliphatic carbocycles. The van der Waals surface area contributed by atoms with Crippen LogP contribution in [0.2, 0.25) is 0 Å². The standard InChI is InChI=1S/C15H16N2O2/c1-2-11(3-1)17-15-12-9-14-13(18-6-7-19-14)8-10(12)4-5-16-15/h4-5,8-9,11H,1-3,6-7H2,(H,16,17). The SMILES string of the molecule is c1cc2cc3c(cc2c(NC2CCC2)n1)OCCO3. The molecule has 98 valence electrons. The topological polar surface area (TPSA) is 43.4 Å². The molecule has 1 aromatic heterocycles. The van der Waals surface area contributed by atoms with Crippen LogP contribution in [0.1, 0.15) is 19.3 Å². The van der Waals surface area contributed by atoms with Gasteiger partial charge in [0.1, 0.15) is 19.0 Å². The van der Waals surface area contributed by atoms with E-state index in [4.69, 9.17) is 9.47 Å². The zero-order valence-electron chi connectivity index (χ0n) is 10.7. The maximum atomic E-state index is 5.65. The second-order valence-electron chi connectivity index (χ2n) is 5.15. The van der Waals surface area contributed by atoms with Crippen LogP contribution in [0.4, 0.5) is 5.82 Å². The van der Waals surface area contributed by atoms with Crippen molar-refractivity contribution in [3.05, 3.63) is 24.4 Å². The first-order valence-corrected chi connectivity index (χ1v) is 6.85. The number of pyridine rings is 1. The highest BCUT2D eigenvalue weighted by molar-refractivity contribution is 5.94. The summed E-state index contributed by atoms with van der Waals surface area (Å²) in [6.45, 7) is 1.24. The van der Waals surface area contributed by atoms with Crippen molar-refractivity contribution < 1.29 is 9.47 Å². The Morgan fingerprint density at radius 1 is 1.11 bits per heavy atom. The lowest BCUT2D eigenvalue weighted by Crippen LogP contribution is -2.27. The fourth-order valence-corrected chi connectivity index (χ4v) is 2.57. The molecule has 0 amide bonds. The lowest BCUT2D eigenvalue weighted by atomic mass is 9.93. The molecule has 2 aromatic rings. The fraction of sp³-hybridized carbons (Fsp3) is 0.400. The van der Waals surface area contributed by atoms with E-state index in [9.17, 15) is 0 Å². The van der Waals surface area contributed by atoms with E-state index in [2.05, 4.69) is 10.3 Å². The predicted octanol–water partition coefficient (Wildman–Crippen LogP) is 2.97. The van der Waals surface area contributed by atoms with Crippen LogP contribution in [0.3, 0.4) is 0 Å². The van der Waals surface area contributed by atoms with E-state index in [1.807, 2.05) is 24.4 Å². The Bertz CT molecular complexity index is 623. The van der Waals surface area contributed by atoms with Gasteiger partial charge in [0.25, 0.3) is 0 Å². The zero-order chi connectivity index (χ0) is 12.7. The van der Waals surface area contributed by atoms with Gasteiger partial charge in [-0.3, -0.25) is 0 Å². The van der Waals surface area contributed by atoms with E-state index < -0.39 is 0 Å². The predicted molar refractivity (Wildman–Crippen MR) is 74.0 cm³/mol. The summed E-state index contributed by atoms with van der Waals surface area (Å²) in [5.41, 5.74) is 0. The van der Waals surface area contributed by atoms with Crippen molar-refractivity contribution in [2.45, 2.75) is 25.3 Å². The number of benzene rings is 1. The summed E-state index contributed by atoms with van der Waals surface area (Å²) in [5.74, 6) is 2.61. The van der Waals surface area contributed by atoms with Crippen LogP contribution in [0.25, 0.3) is 10.8 Å². The second kappa shape index (κ2) is 4.30. The number of nitrogens with one attached hydrogen (secondary N) is 1. The number of aromatic nitrogens is 1. The molecule has 2 aliphatic rings. The van der Waals surface area contributed by atoms with Crippen molar-refractivity contribution >= 4 is 16.6 Å². The normalized spacial score (nSPS) is 18.1. The van der Waals surface area contributed by atoms with Crippen LogP contribution in [0.15, 0.2) is 24.4 Å². The quantitative estimate of drug-likeness (QED) is 0.897. The van der Waals surface area contributed by atoms with Crippen LogP contribution in [-0.4, -0.2) is 24.2 Å². The molecule has 1 fully saturated rings. The van der Waals surface area contributed by atoms with Crippen LogP contribution >= 0.6 is 0 Å². The molecule has 0 spiro atoms. The van der Waals surface area contributed by atoms with Gasteiger partial charge in [0.15, 0.2) is 11.5 Å². The summed E-state index contributed by atoms with van der Waals surface area (Å²) in [6, 6.07) is 6.67. The van der Waals surface area contributed by atoms with Crippen molar-refractivity contribution in [1.82, 2.24) is 4.98 Å². The van der Waals surface area contributed by atoms with Crippen molar-refractivity contribution in [2.75, 3.05) is 18.5 Å². The van der Waals surface area contributed by atoms with Gasteiger partial charge in [-0.15, -0.1) is 0 Å². The highest BCUT2D eigenvalue weighted by atomic mass is 16.6. The molecule has 4 rings (SSSR count). The molecule has 1 aromatic carbocycles. The largest absolute Gasteiger partial charge is 0.486 e. The second-order valence-corrected chi connectivity index (χ2v) is 5.15. The summed E-state index contributed by atoms with van der Waals surface area (Å²) in [6.07, 6.45) is 5.64. The van der Waals surface area contributed by atoms with E-state index >= 15 is 0 Å². The van der Waals surface area contributed by atoms with Gasteiger partial charge in [0.05, 0.1) is 0 Å². The minimum absolute atomic E-state index is 0.575. The lowest BCUT2D eigenvalue weighted by molar-refractivity contribution is 0.172. The van der Waals surface area contributed by atoms with Crippen LogP contribution in [0.5, 0.6) is 11.5 Å². The van der Waals surface area contributed by atoms with Gasteiger partial charge in [-0.1, -0.05) is 0 Å². The minimum Gasteiger partial charge on any atom is -0.486 e. The number of nitrogens with zero attached hydrogens (tertiary/aromatic N) is 1. The average molecular weight is 256 g/mol. The van der Waals surface area contributed by atoms with E-state index in [1.165, 1.54) is 19.3 Å². The van der Waals surface area contributed by atoms with Crippen LogP contribution in [0, 0.1) is 0 Å². The summed E-state index contributed by atoms with van der Waals surface area (Å²) in [5, 5.41) is 5.77. The lowest BCUT2D eigenvalue weighted by Gasteiger charge is -2.27. The Balaban J connectivity index is 1.79. The zero-order valence-corrected chi connectivity index (χ0v) is 10.7. The van der Waals surface area contributed by atoms with E-state index in [0.717, 1.165) is 28.1 Å². The van der Waals surface area contributed by atoms with Crippen LogP contribution < -0.4 is 14.8 Å². The van der Waals surface area contributed by atoms with E-state index in [0.29, 0.717) is 19.3 Å². The molecule has 1 saturated carbocycles. The maximum Gasteiger partial charge on any atom is 0.162 e. The highest BCUT2D eigenvalue weighted by Crippen LogP contribution is 2.37. The number of rotatable bonds is 2. The molecule has 0 bridgehead atoms. The van der Waals surface area contributed by atoms with E-state index in [1.54, 1.807) is 0 Å². The van der Waals surface area contributed by atoms with Gasteiger partial charge in [0.2, 0.25) is 0 Å². The Labute approximate surface area is 111 Å². The number of ether oxygens (including phenoxy) is 2. The van der Waals surface area contributed by atoms with Crippen molar-refractivity contribution in [1.29, 1.82) is 0 Å². The summed E-state index contributed by atoms with van der Waals surface area (Å²) < 4.78 is 11.3. The number of hydrogen-bond donors (Lipinski definition) is 1. The molecule has 1 N–H and O–H groups in total. The third-order valence-electron chi connectivity index (χ3n) is 3.87. The fourth-order valence-electron chi connectivity index (χ4n) is 2.57. The number of hydrogen-bond acceptors (Lipinski definition) is 4. The molecule has 0 saturated heterocycles. The average Bonchev–Trinajstić information content (AvgIpc) is 2.40. The van der Waals surface area contributed by atoms with Crippen molar-refractivity contribution in [3.63, 3.8) is 0 Å². The smallest absolute Gasteiger partial charge is 0.162 e. The molecule has 4 nitrogen and oxygen atoms in total. The van der Waals surface area contributed by atoms with Gasteiger partial charge < -0.3 is 14.8 Å². The molecular weight excluding hydrogens is 240 g/mol. The van der Waals surface area contributed by atoms with Crippen molar-refractivity contribution in [2.24, 2.45) is 0 Å². The Kier molecular flexibility index (Phi) is 2.47. The first kappa shape index (κ1) is 10.9. The third kappa shape index (κ3) is 1.87. The maximum absolute atomic E-state index is 5.65. The first-order chi connectivity index (χ1) is 9.40. The summed E-state index contributed by atoms with van der Waals surface area (Å²) >= 11 is 0. The van der Waals surface area contributed by atoms with Crippen molar-refractivity contribution in [3.8, 4) is 11.5 Å². The molecule has 19 heavy (non-hydrogen) atoms. The van der Waals surface area contributed by atoms with Gasteiger partial charge in [-0.05, 0) is 42.8 Å². The van der Waals surface area contributed by atoms with Gasteiger partial charge in [0, 0.05) is 17.6 Å². The summed E-state index contributed by atoms with van der Waals surface area (Å²) in [7, 11) is 0. The monoisotopic (exact) mass is 256 g/mol. The molecule has 2 heterocycles. The van der Waals surface area contributed by atoms with Gasteiger partial charge >= 0.3 is 0 Å². The van der Waals surface area contributed by atoms with Crippen LogP contribution in [-0.2, 0) is 0 Å². The molecule has 0 unspecified atom stereocenters. The molecule has 4 heteroatoms. The molecular formula is C15H16N2O2. The Hall–Kier alpha value is -1.97. The number of anilines is 1. The Morgan fingerprint density at radius 3 is 2.63 bits per heavy atom. The Morgan fingerprint density at radius 2 is 1.89 bits per heavy atom. The minimum atomic E-state index is 0.575. The summed E-state index contributed by atoms with van der Waals surface area (Å²) in [4.78, 5) is 4.47.